The minimum Gasteiger partial charge on any atom is -0.335 e. The summed E-state index contributed by atoms with van der Waals surface area (Å²) < 4.78 is 38.4. The van der Waals surface area contributed by atoms with Crippen molar-refractivity contribution in [2.45, 2.75) is 12.2 Å². The molecule has 4 nitrogen and oxygen atoms in total. The highest BCUT2D eigenvalue weighted by atomic mass is 32.1. The van der Waals surface area contributed by atoms with Crippen LogP contribution in [-0.2, 0) is 6.18 Å². The Morgan fingerprint density at radius 1 is 0.893 bits per heavy atom. The van der Waals surface area contributed by atoms with Crippen molar-refractivity contribution in [3.63, 3.8) is 0 Å². The van der Waals surface area contributed by atoms with Gasteiger partial charge in [0.1, 0.15) is 6.04 Å². The van der Waals surface area contributed by atoms with Gasteiger partial charge in [0.15, 0.2) is 0 Å². The van der Waals surface area contributed by atoms with Crippen LogP contribution in [0, 0.1) is 0 Å². The number of quaternary nitrogens is 1. The summed E-state index contributed by atoms with van der Waals surface area (Å²) in [6.07, 6.45) is -4.43. The molecule has 1 aromatic heterocycles. The molecule has 0 radical (unpaired) electrons. The van der Waals surface area contributed by atoms with Gasteiger partial charge in [-0.1, -0.05) is 59.9 Å². The first kappa shape index (κ1) is 17.6. The van der Waals surface area contributed by atoms with E-state index in [2.05, 4.69) is 58.7 Å². The second-order valence-corrected chi connectivity index (χ2v) is 8.10. The number of nitrogens with zero attached hydrogens (tertiary/aromatic N) is 3. The molecule has 1 fully saturated rings. The highest BCUT2D eigenvalue weighted by molar-refractivity contribution is 7.15. The second kappa shape index (κ2) is 6.56. The fourth-order valence-electron chi connectivity index (χ4n) is 4.33. The number of aromatic nitrogens is 2. The van der Waals surface area contributed by atoms with Crippen molar-refractivity contribution in [1.82, 2.24) is 10.2 Å². The monoisotopic (exact) mass is 403 g/mol. The van der Waals surface area contributed by atoms with Crippen molar-refractivity contribution in [3.05, 3.63) is 64.7 Å². The molecular weight excluding hydrogens is 385 g/mol. The molecule has 1 aliphatic carbocycles. The van der Waals surface area contributed by atoms with E-state index in [0.717, 1.165) is 13.1 Å². The van der Waals surface area contributed by atoms with Crippen LogP contribution in [-0.4, -0.2) is 36.4 Å². The van der Waals surface area contributed by atoms with Crippen molar-refractivity contribution in [1.29, 1.82) is 0 Å². The van der Waals surface area contributed by atoms with Gasteiger partial charge in [0.2, 0.25) is 10.1 Å². The lowest BCUT2D eigenvalue weighted by Gasteiger charge is -2.35. The van der Waals surface area contributed by atoms with Crippen LogP contribution in [0.3, 0.4) is 0 Å². The van der Waals surface area contributed by atoms with Crippen LogP contribution in [0.1, 0.15) is 22.2 Å². The Bertz CT molecular complexity index is 963. The van der Waals surface area contributed by atoms with Gasteiger partial charge in [-0.2, -0.15) is 13.2 Å². The molecule has 2 aliphatic rings. The van der Waals surface area contributed by atoms with Gasteiger partial charge in [0, 0.05) is 11.1 Å². The minimum atomic E-state index is -4.43. The molecule has 2 aromatic carbocycles. The Hall–Kier alpha value is -2.45. The first-order chi connectivity index (χ1) is 13.5. The zero-order chi connectivity index (χ0) is 19.3. The average Bonchev–Trinajstić information content (AvgIpc) is 3.32. The number of halogens is 3. The molecule has 0 unspecified atom stereocenters. The van der Waals surface area contributed by atoms with E-state index in [4.69, 9.17) is 0 Å². The number of nitrogens with one attached hydrogen (secondary N) is 1. The summed E-state index contributed by atoms with van der Waals surface area (Å²) in [6.45, 7) is 3.02. The molecule has 1 saturated heterocycles. The smallest absolute Gasteiger partial charge is 0.335 e. The zero-order valence-electron chi connectivity index (χ0n) is 14.9. The van der Waals surface area contributed by atoms with E-state index >= 15 is 0 Å². The summed E-state index contributed by atoms with van der Waals surface area (Å²) in [4.78, 5) is 3.36. The molecule has 2 heterocycles. The van der Waals surface area contributed by atoms with Gasteiger partial charge in [-0.25, -0.2) is 0 Å². The van der Waals surface area contributed by atoms with Gasteiger partial charge in [-0.3, -0.25) is 0 Å². The third kappa shape index (κ3) is 2.87. The largest absolute Gasteiger partial charge is 0.445 e. The Morgan fingerprint density at radius 2 is 1.46 bits per heavy atom. The lowest BCUT2D eigenvalue weighted by atomic mass is 10.0. The highest BCUT2D eigenvalue weighted by Crippen LogP contribution is 2.41. The SMILES string of the molecule is FC(F)(F)c1nnc(N2CC[NH+](C3c4ccccc4-c4ccccc43)CC2)s1. The van der Waals surface area contributed by atoms with E-state index in [1.807, 2.05) is 4.90 Å². The number of fused-ring (bicyclic) bond motifs is 3. The first-order valence-corrected chi connectivity index (χ1v) is 10.0. The fourth-order valence-corrected chi connectivity index (χ4v) is 5.09. The number of piperazine rings is 1. The van der Waals surface area contributed by atoms with E-state index in [1.165, 1.54) is 27.2 Å². The van der Waals surface area contributed by atoms with E-state index < -0.39 is 11.2 Å². The summed E-state index contributed by atoms with van der Waals surface area (Å²) in [6, 6.07) is 17.3. The van der Waals surface area contributed by atoms with E-state index in [-0.39, 0.29) is 6.04 Å². The predicted octanol–water partition coefficient (Wildman–Crippen LogP) is 3.03. The normalized spacial score (nSPS) is 17.6. The van der Waals surface area contributed by atoms with Crippen LogP contribution in [0.4, 0.5) is 18.3 Å². The molecule has 0 amide bonds. The van der Waals surface area contributed by atoms with Crippen molar-refractivity contribution < 1.29 is 18.1 Å². The number of benzene rings is 2. The summed E-state index contributed by atoms with van der Waals surface area (Å²) in [5.41, 5.74) is 5.25. The molecule has 0 bridgehead atoms. The number of hydrogen-bond acceptors (Lipinski definition) is 4. The molecule has 1 N–H and O–H groups in total. The maximum absolute atomic E-state index is 12.8. The lowest BCUT2D eigenvalue weighted by molar-refractivity contribution is -0.925. The summed E-state index contributed by atoms with van der Waals surface area (Å²) >= 11 is 0.626. The first-order valence-electron chi connectivity index (χ1n) is 9.21. The zero-order valence-corrected chi connectivity index (χ0v) is 15.7. The van der Waals surface area contributed by atoms with Gasteiger partial charge < -0.3 is 9.80 Å². The van der Waals surface area contributed by atoms with Crippen LogP contribution in [0.25, 0.3) is 11.1 Å². The fraction of sp³-hybridized carbons (Fsp3) is 0.300. The van der Waals surface area contributed by atoms with Gasteiger partial charge >= 0.3 is 6.18 Å². The van der Waals surface area contributed by atoms with E-state index in [1.54, 1.807) is 0 Å². The third-order valence-corrected chi connectivity index (χ3v) is 6.60. The molecule has 1 aliphatic heterocycles. The van der Waals surface area contributed by atoms with Crippen LogP contribution in [0.2, 0.25) is 0 Å². The lowest BCUT2D eigenvalue weighted by Crippen LogP contribution is -3.15. The molecule has 3 aromatic rings. The van der Waals surface area contributed by atoms with Crippen molar-refractivity contribution in [3.8, 4) is 11.1 Å². The maximum Gasteiger partial charge on any atom is 0.445 e. The topological polar surface area (TPSA) is 33.5 Å². The molecule has 0 saturated carbocycles. The molecule has 28 heavy (non-hydrogen) atoms. The van der Waals surface area contributed by atoms with Crippen LogP contribution >= 0.6 is 11.3 Å². The van der Waals surface area contributed by atoms with Gasteiger partial charge in [0.05, 0.1) is 26.2 Å². The highest BCUT2D eigenvalue weighted by Gasteiger charge is 2.39. The Balaban J connectivity index is 1.37. The van der Waals surface area contributed by atoms with E-state index in [0.29, 0.717) is 29.6 Å². The summed E-state index contributed by atoms with van der Waals surface area (Å²) in [5, 5.41) is 6.56. The molecule has 144 valence electrons. The van der Waals surface area contributed by atoms with Crippen LogP contribution in [0.15, 0.2) is 48.5 Å². The molecule has 5 rings (SSSR count). The number of anilines is 1. The number of hydrogen-bond donors (Lipinski definition) is 1. The average molecular weight is 403 g/mol. The predicted molar refractivity (Wildman–Crippen MR) is 102 cm³/mol. The van der Waals surface area contributed by atoms with Gasteiger partial charge in [-0.15, -0.1) is 10.2 Å². The van der Waals surface area contributed by atoms with Gasteiger partial charge in [-0.05, 0) is 11.1 Å². The van der Waals surface area contributed by atoms with Gasteiger partial charge in [0.25, 0.3) is 0 Å². The van der Waals surface area contributed by atoms with Crippen molar-refractivity contribution in [2.24, 2.45) is 0 Å². The Labute approximate surface area is 164 Å². The molecule has 8 heteroatoms. The molecular formula is C20H18F3N4S+. The van der Waals surface area contributed by atoms with Crippen LogP contribution in [0.5, 0.6) is 0 Å². The quantitative estimate of drug-likeness (QED) is 0.714. The van der Waals surface area contributed by atoms with Crippen molar-refractivity contribution >= 4 is 16.5 Å². The maximum atomic E-state index is 12.8. The number of alkyl halides is 3. The Kier molecular flexibility index (Phi) is 4.13. The van der Waals surface area contributed by atoms with Crippen LogP contribution < -0.4 is 9.80 Å². The molecule has 0 atom stereocenters. The minimum absolute atomic E-state index is 0.273. The Morgan fingerprint density at radius 3 is 2.00 bits per heavy atom. The van der Waals surface area contributed by atoms with Crippen molar-refractivity contribution in [2.75, 3.05) is 31.1 Å². The molecule has 0 spiro atoms. The summed E-state index contributed by atoms with van der Waals surface area (Å²) in [7, 11) is 0. The third-order valence-electron chi connectivity index (χ3n) is 5.58. The second-order valence-electron chi connectivity index (χ2n) is 7.14. The standard InChI is InChI=1S/C20H17F3N4S/c21-20(22,23)18-24-25-19(28-18)27-11-9-26(10-12-27)17-15-7-3-1-5-13(15)14-6-2-4-8-16(14)17/h1-8,17H,9-12H2/p+1. The van der Waals surface area contributed by atoms with E-state index in [9.17, 15) is 13.2 Å². The number of rotatable bonds is 2. The summed E-state index contributed by atoms with van der Waals surface area (Å²) in [5.74, 6) is 0.